The van der Waals surface area contributed by atoms with E-state index in [0.717, 1.165) is 10.0 Å². The summed E-state index contributed by atoms with van der Waals surface area (Å²) in [6.07, 6.45) is 0. The third-order valence-corrected chi connectivity index (χ3v) is 3.48. The van der Waals surface area contributed by atoms with Gasteiger partial charge in [-0.3, -0.25) is 9.59 Å². The number of anilines is 1. The van der Waals surface area contributed by atoms with E-state index in [1.165, 1.54) is 0 Å². The Hall–Kier alpha value is -2.14. The number of carbonyl (C=O) groups is 2. The maximum atomic E-state index is 11.9. The van der Waals surface area contributed by atoms with Crippen molar-refractivity contribution in [1.82, 2.24) is 5.32 Å². The summed E-state index contributed by atoms with van der Waals surface area (Å²) < 4.78 is 0.905. The van der Waals surface area contributed by atoms with Crippen LogP contribution in [0.5, 0.6) is 0 Å². The molecule has 0 aliphatic rings. The number of nitrogens with one attached hydrogen (secondary N) is 2. The summed E-state index contributed by atoms with van der Waals surface area (Å²) in [5.74, 6) is -1.34. The maximum Gasteiger partial charge on any atom is 0.313 e. The van der Waals surface area contributed by atoms with Gasteiger partial charge in [-0.05, 0) is 36.8 Å². The van der Waals surface area contributed by atoms with Gasteiger partial charge in [0.05, 0.1) is 6.04 Å². The van der Waals surface area contributed by atoms with E-state index in [1.807, 2.05) is 37.3 Å². The molecule has 0 heterocycles. The molecule has 2 rings (SSSR count). The zero-order valence-corrected chi connectivity index (χ0v) is 13.1. The molecule has 2 N–H and O–H groups in total. The molecule has 5 heteroatoms. The molecule has 0 fully saturated rings. The first-order valence-corrected chi connectivity index (χ1v) is 7.28. The van der Waals surface area contributed by atoms with E-state index in [9.17, 15) is 9.59 Å². The Morgan fingerprint density at radius 2 is 1.57 bits per heavy atom. The highest BCUT2D eigenvalue weighted by atomic mass is 79.9. The quantitative estimate of drug-likeness (QED) is 0.838. The number of rotatable bonds is 3. The smallest absolute Gasteiger partial charge is 0.313 e. The van der Waals surface area contributed by atoms with Gasteiger partial charge < -0.3 is 10.6 Å². The molecule has 0 saturated heterocycles. The molecule has 1 atom stereocenters. The van der Waals surface area contributed by atoms with Crippen LogP contribution in [0.1, 0.15) is 18.5 Å². The minimum Gasteiger partial charge on any atom is -0.341 e. The van der Waals surface area contributed by atoms with Gasteiger partial charge in [-0.2, -0.15) is 0 Å². The van der Waals surface area contributed by atoms with Crippen molar-refractivity contribution >= 4 is 33.4 Å². The van der Waals surface area contributed by atoms with Crippen molar-refractivity contribution in [1.29, 1.82) is 0 Å². The van der Waals surface area contributed by atoms with Crippen LogP contribution in [0.25, 0.3) is 0 Å². The number of halogens is 1. The molecule has 2 aromatic rings. The molecule has 108 valence electrons. The summed E-state index contributed by atoms with van der Waals surface area (Å²) >= 11 is 3.31. The fourth-order valence-electron chi connectivity index (χ4n) is 1.81. The number of hydrogen-bond donors (Lipinski definition) is 2. The number of carbonyl (C=O) groups excluding carboxylic acids is 2. The molecule has 0 saturated carbocycles. The lowest BCUT2D eigenvalue weighted by Crippen LogP contribution is -2.36. The molecule has 21 heavy (non-hydrogen) atoms. The average molecular weight is 347 g/mol. The molecule has 0 spiro atoms. The van der Waals surface area contributed by atoms with E-state index in [1.54, 1.807) is 24.3 Å². The zero-order chi connectivity index (χ0) is 15.2. The Morgan fingerprint density at radius 3 is 2.19 bits per heavy atom. The molecule has 0 bridgehead atoms. The second kappa shape index (κ2) is 7.04. The van der Waals surface area contributed by atoms with Crippen molar-refractivity contribution in [2.45, 2.75) is 13.0 Å². The highest BCUT2D eigenvalue weighted by Gasteiger charge is 2.16. The summed E-state index contributed by atoms with van der Waals surface area (Å²) in [5, 5.41) is 5.22. The molecule has 0 radical (unpaired) electrons. The van der Waals surface area contributed by atoms with Crippen molar-refractivity contribution in [3.05, 3.63) is 64.6 Å². The van der Waals surface area contributed by atoms with E-state index in [4.69, 9.17) is 0 Å². The normalized spacial score (nSPS) is 11.5. The number of benzene rings is 2. The molecule has 0 aromatic heterocycles. The first-order chi connectivity index (χ1) is 10.1. The standard InChI is InChI=1S/C16H15BrN2O2/c1-11(12-5-3-2-4-6-12)18-15(20)16(21)19-14-9-7-13(17)8-10-14/h2-11H,1H3,(H,18,20)(H,19,21)/t11-/m1/s1. The van der Waals surface area contributed by atoms with Gasteiger partial charge in [-0.25, -0.2) is 0 Å². The third-order valence-electron chi connectivity index (χ3n) is 2.96. The van der Waals surface area contributed by atoms with Gasteiger partial charge in [0.15, 0.2) is 0 Å². The Kier molecular flexibility index (Phi) is 5.11. The highest BCUT2D eigenvalue weighted by molar-refractivity contribution is 9.10. The Morgan fingerprint density at radius 1 is 0.952 bits per heavy atom. The molecular formula is C16H15BrN2O2. The maximum absolute atomic E-state index is 11.9. The molecule has 4 nitrogen and oxygen atoms in total. The van der Waals surface area contributed by atoms with Gasteiger partial charge in [0.1, 0.15) is 0 Å². The largest absolute Gasteiger partial charge is 0.341 e. The van der Waals surface area contributed by atoms with Crippen LogP contribution in [0.15, 0.2) is 59.1 Å². The molecule has 2 aromatic carbocycles. The van der Waals surface area contributed by atoms with Gasteiger partial charge >= 0.3 is 11.8 Å². The topological polar surface area (TPSA) is 58.2 Å². The van der Waals surface area contributed by atoms with E-state index in [-0.39, 0.29) is 6.04 Å². The molecule has 0 aliphatic heterocycles. The SMILES string of the molecule is C[C@@H](NC(=O)C(=O)Nc1ccc(Br)cc1)c1ccccc1. The van der Waals surface area contributed by atoms with Gasteiger partial charge in [-0.15, -0.1) is 0 Å². The lowest BCUT2D eigenvalue weighted by atomic mass is 10.1. The average Bonchev–Trinajstić information content (AvgIpc) is 2.50. The van der Waals surface area contributed by atoms with Gasteiger partial charge in [0.25, 0.3) is 0 Å². The second-order valence-electron chi connectivity index (χ2n) is 4.57. The van der Waals surface area contributed by atoms with Gasteiger partial charge in [0.2, 0.25) is 0 Å². The van der Waals surface area contributed by atoms with Crippen LogP contribution in [0.3, 0.4) is 0 Å². The number of hydrogen-bond acceptors (Lipinski definition) is 2. The first kappa shape index (κ1) is 15.3. The summed E-state index contributed by atoms with van der Waals surface area (Å²) in [6, 6.07) is 16.3. The lowest BCUT2D eigenvalue weighted by molar-refractivity contribution is -0.136. The Balaban J connectivity index is 1.93. The minimum atomic E-state index is -0.680. The second-order valence-corrected chi connectivity index (χ2v) is 5.48. The fraction of sp³-hybridized carbons (Fsp3) is 0.125. The van der Waals surface area contributed by atoms with Crippen LogP contribution in [-0.4, -0.2) is 11.8 Å². The van der Waals surface area contributed by atoms with Crippen LogP contribution in [0, 0.1) is 0 Å². The van der Waals surface area contributed by atoms with E-state index >= 15 is 0 Å². The van der Waals surface area contributed by atoms with E-state index in [2.05, 4.69) is 26.6 Å². The first-order valence-electron chi connectivity index (χ1n) is 6.48. The predicted molar refractivity (Wildman–Crippen MR) is 85.8 cm³/mol. The van der Waals surface area contributed by atoms with Crippen molar-refractivity contribution in [2.24, 2.45) is 0 Å². The molecule has 2 amide bonds. The van der Waals surface area contributed by atoms with Crippen LogP contribution in [0.4, 0.5) is 5.69 Å². The van der Waals surface area contributed by atoms with Crippen molar-refractivity contribution in [3.8, 4) is 0 Å². The summed E-state index contributed by atoms with van der Waals surface area (Å²) in [7, 11) is 0. The van der Waals surface area contributed by atoms with Crippen LogP contribution in [-0.2, 0) is 9.59 Å². The molecular weight excluding hydrogens is 332 g/mol. The fourth-order valence-corrected chi connectivity index (χ4v) is 2.07. The lowest BCUT2D eigenvalue weighted by Gasteiger charge is -2.14. The van der Waals surface area contributed by atoms with E-state index in [0.29, 0.717) is 5.69 Å². The monoisotopic (exact) mass is 346 g/mol. The summed E-state index contributed by atoms with van der Waals surface area (Å²) in [6.45, 7) is 1.83. The van der Waals surface area contributed by atoms with Gasteiger partial charge in [0, 0.05) is 10.2 Å². The predicted octanol–water partition coefficient (Wildman–Crippen LogP) is 3.27. The van der Waals surface area contributed by atoms with E-state index < -0.39 is 11.8 Å². The zero-order valence-electron chi connectivity index (χ0n) is 11.5. The highest BCUT2D eigenvalue weighted by Crippen LogP contribution is 2.14. The van der Waals surface area contributed by atoms with Crippen molar-refractivity contribution in [2.75, 3.05) is 5.32 Å². The molecule has 0 aliphatic carbocycles. The van der Waals surface area contributed by atoms with Crippen molar-refractivity contribution < 1.29 is 9.59 Å². The van der Waals surface area contributed by atoms with Crippen molar-refractivity contribution in [3.63, 3.8) is 0 Å². The number of amides is 2. The minimum absolute atomic E-state index is 0.227. The van der Waals surface area contributed by atoms with Crippen LogP contribution >= 0.6 is 15.9 Å². The summed E-state index contributed by atoms with van der Waals surface area (Å²) in [4.78, 5) is 23.7. The Bertz CT molecular complexity index is 626. The molecule has 0 unspecified atom stereocenters. The van der Waals surface area contributed by atoms with Crippen LogP contribution < -0.4 is 10.6 Å². The Labute approximate surface area is 131 Å². The van der Waals surface area contributed by atoms with Crippen LogP contribution in [0.2, 0.25) is 0 Å². The summed E-state index contributed by atoms with van der Waals surface area (Å²) in [5.41, 5.74) is 1.52. The third kappa shape index (κ3) is 4.43. The van der Waals surface area contributed by atoms with Gasteiger partial charge in [-0.1, -0.05) is 46.3 Å².